The average molecular weight is 318 g/mol. The number of aromatic nitrogens is 1. The third kappa shape index (κ3) is 2.85. The Balaban J connectivity index is 1.86. The molecule has 5 nitrogen and oxygen atoms in total. The van der Waals surface area contributed by atoms with Crippen LogP contribution in [0.2, 0.25) is 5.02 Å². The Morgan fingerprint density at radius 3 is 3.00 bits per heavy atom. The Labute approximate surface area is 132 Å². The molecule has 3 N–H and O–H groups in total. The van der Waals surface area contributed by atoms with Gasteiger partial charge in [0.1, 0.15) is 17.3 Å². The van der Waals surface area contributed by atoms with Crippen LogP contribution in [0, 0.1) is 5.41 Å². The Bertz CT molecular complexity index is 785. The number of para-hydroxylation sites is 1. The quantitative estimate of drug-likeness (QED) is 0.909. The summed E-state index contributed by atoms with van der Waals surface area (Å²) in [5.74, 6) is 0.221. The number of rotatable bonds is 3. The normalized spacial score (nSPS) is 16.7. The van der Waals surface area contributed by atoms with Crippen LogP contribution in [0.4, 0.5) is 0 Å². The van der Waals surface area contributed by atoms with E-state index in [-0.39, 0.29) is 17.2 Å². The highest BCUT2D eigenvalue weighted by Crippen LogP contribution is 2.27. The molecule has 3 rings (SSSR count). The number of aryl methyl sites for hydroxylation is 1. The first-order valence-electron chi connectivity index (χ1n) is 7.03. The minimum Gasteiger partial charge on any atom is -0.488 e. The van der Waals surface area contributed by atoms with Gasteiger partial charge in [0.05, 0.1) is 17.1 Å². The zero-order valence-corrected chi connectivity index (χ0v) is 12.6. The molecule has 6 heteroatoms. The minimum atomic E-state index is -0.656. The van der Waals surface area contributed by atoms with E-state index < -0.39 is 5.91 Å². The van der Waals surface area contributed by atoms with Crippen molar-refractivity contribution in [1.29, 1.82) is 5.41 Å². The van der Waals surface area contributed by atoms with Crippen molar-refractivity contribution >= 4 is 17.5 Å². The van der Waals surface area contributed by atoms with Gasteiger partial charge in [0.25, 0.3) is 5.91 Å². The molecule has 1 aromatic carbocycles. The molecule has 2 heterocycles. The number of primary amides is 1. The van der Waals surface area contributed by atoms with E-state index in [1.165, 1.54) is 11.6 Å². The first kappa shape index (κ1) is 14.7. The second kappa shape index (κ2) is 5.85. The fourth-order valence-electron chi connectivity index (χ4n) is 2.67. The molecule has 2 aromatic rings. The number of nitrogens with zero attached hydrogens (tertiary/aromatic N) is 1. The summed E-state index contributed by atoms with van der Waals surface area (Å²) in [6.45, 7) is 0.452. The summed E-state index contributed by atoms with van der Waals surface area (Å²) in [5, 5.41) is 8.46. The number of hydrogen-bond donors (Lipinski definition) is 2. The lowest BCUT2D eigenvalue weighted by atomic mass is 10.0. The highest BCUT2D eigenvalue weighted by atomic mass is 35.5. The van der Waals surface area contributed by atoms with Gasteiger partial charge in [-0.1, -0.05) is 29.8 Å². The van der Waals surface area contributed by atoms with Gasteiger partial charge in [-0.2, -0.15) is 0 Å². The van der Waals surface area contributed by atoms with Gasteiger partial charge in [0.15, 0.2) is 0 Å². The topological polar surface area (TPSA) is 81.1 Å². The number of nitrogens with two attached hydrogens (primary N) is 1. The molecule has 1 aliphatic rings. The monoisotopic (exact) mass is 317 g/mol. The van der Waals surface area contributed by atoms with Crippen molar-refractivity contribution in [1.82, 2.24) is 4.57 Å². The molecule has 1 aliphatic heterocycles. The van der Waals surface area contributed by atoms with Crippen LogP contribution in [0.15, 0.2) is 36.5 Å². The van der Waals surface area contributed by atoms with Crippen LogP contribution in [0.1, 0.15) is 22.3 Å². The summed E-state index contributed by atoms with van der Waals surface area (Å²) in [6, 6.07) is 9.35. The third-order valence-corrected chi connectivity index (χ3v) is 3.98. The number of carbonyl (C=O) groups excluding carboxylic acids is 1. The predicted molar refractivity (Wildman–Crippen MR) is 83.0 cm³/mol. The number of fused-ring (bicyclic) bond motifs is 1. The van der Waals surface area contributed by atoms with E-state index in [0.29, 0.717) is 11.6 Å². The van der Waals surface area contributed by atoms with Crippen molar-refractivity contribution in [2.75, 3.05) is 0 Å². The number of carbonyl (C=O) groups is 1. The molecule has 0 radical (unpaired) electrons. The van der Waals surface area contributed by atoms with Crippen LogP contribution in [0.3, 0.4) is 0 Å². The summed E-state index contributed by atoms with van der Waals surface area (Å²) in [5.41, 5.74) is 6.65. The maximum absolute atomic E-state index is 11.4. The number of nitrogens with one attached hydrogen (secondary N) is 1. The van der Waals surface area contributed by atoms with Gasteiger partial charge in [0, 0.05) is 6.20 Å². The van der Waals surface area contributed by atoms with Crippen LogP contribution in [0.5, 0.6) is 5.75 Å². The molecule has 0 saturated heterocycles. The highest BCUT2D eigenvalue weighted by Gasteiger charge is 2.20. The Morgan fingerprint density at radius 1 is 1.45 bits per heavy atom. The molecule has 0 saturated carbocycles. The van der Waals surface area contributed by atoms with Crippen LogP contribution in [0.25, 0.3) is 0 Å². The molecule has 0 bridgehead atoms. The summed E-state index contributed by atoms with van der Waals surface area (Å²) < 4.78 is 7.58. The fourth-order valence-corrected chi connectivity index (χ4v) is 2.90. The lowest BCUT2D eigenvalue weighted by Crippen LogP contribution is -2.35. The van der Waals surface area contributed by atoms with Crippen molar-refractivity contribution in [3.8, 4) is 5.75 Å². The van der Waals surface area contributed by atoms with E-state index in [1.54, 1.807) is 10.8 Å². The maximum atomic E-state index is 11.4. The number of hydrogen-bond acceptors (Lipinski definition) is 3. The van der Waals surface area contributed by atoms with Crippen LogP contribution >= 0.6 is 11.6 Å². The number of pyridine rings is 1. The van der Waals surface area contributed by atoms with Gasteiger partial charge in [-0.05, 0) is 30.5 Å². The van der Waals surface area contributed by atoms with Crippen molar-refractivity contribution in [3.63, 3.8) is 0 Å². The number of amides is 1. The standard InChI is InChI=1S/C16H16ClN3O2/c17-11-7-13(16(19)21)15(18)20(8-11)9-12-6-5-10-3-1-2-4-14(10)22-12/h1-4,7-8,12,18H,5-6,9H2,(H2,19,21)/t12-/m1/s1. The van der Waals surface area contributed by atoms with E-state index in [0.717, 1.165) is 18.6 Å². The SMILES string of the molecule is N=c1c(C(N)=O)cc(Cl)cn1C[C@H]1CCc2ccccc2O1. The fraction of sp³-hybridized carbons (Fsp3) is 0.250. The molecular weight excluding hydrogens is 302 g/mol. The Morgan fingerprint density at radius 2 is 2.23 bits per heavy atom. The van der Waals surface area contributed by atoms with E-state index in [4.69, 9.17) is 27.5 Å². The number of halogens is 1. The van der Waals surface area contributed by atoms with Crippen molar-refractivity contribution in [2.24, 2.45) is 5.73 Å². The second-order valence-corrected chi connectivity index (χ2v) is 5.76. The zero-order valence-electron chi connectivity index (χ0n) is 11.9. The van der Waals surface area contributed by atoms with Crippen LogP contribution in [-0.4, -0.2) is 16.6 Å². The molecule has 1 amide bonds. The Kier molecular flexibility index (Phi) is 3.90. The van der Waals surface area contributed by atoms with E-state index in [2.05, 4.69) is 6.07 Å². The van der Waals surface area contributed by atoms with Gasteiger partial charge < -0.3 is 15.0 Å². The molecular formula is C16H16ClN3O2. The first-order chi connectivity index (χ1) is 10.5. The third-order valence-electron chi connectivity index (χ3n) is 3.77. The lowest BCUT2D eigenvalue weighted by Gasteiger charge is -2.27. The van der Waals surface area contributed by atoms with E-state index >= 15 is 0 Å². The molecule has 22 heavy (non-hydrogen) atoms. The molecule has 0 aliphatic carbocycles. The van der Waals surface area contributed by atoms with Crippen molar-refractivity contribution in [2.45, 2.75) is 25.5 Å². The second-order valence-electron chi connectivity index (χ2n) is 5.32. The van der Waals surface area contributed by atoms with E-state index in [1.807, 2.05) is 18.2 Å². The molecule has 1 aromatic heterocycles. The lowest BCUT2D eigenvalue weighted by molar-refractivity contribution is 0.0996. The smallest absolute Gasteiger partial charge is 0.252 e. The molecule has 1 atom stereocenters. The zero-order chi connectivity index (χ0) is 15.7. The average Bonchev–Trinajstić information content (AvgIpc) is 2.50. The van der Waals surface area contributed by atoms with Crippen LogP contribution in [-0.2, 0) is 13.0 Å². The predicted octanol–water partition coefficient (Wildman–Crippen LogP) is 2.11. The van der Waals surface area contributed by atoms with Gasteiger partial charge in [-0.3, -0.25) is 10.2 Å². The molecule has 114 valence electrons. The van der Waals surface area contributed by atoms with Gasteiger partial charge in [-0.15, -0.1) is 0 Å². The van der Waals surface area contributed by atoms with Crippen LogP contribution < -0.4 is 16.0 Å². The minimum absolute atomic E-state index is 0.0550. The largest absolute Gasteiger partial charge is 0.488 e. The van der Waals surface area contributed by atoms with Gasteiger partial charge >= 0.3 is 0 Å². The Hall–Kier alpha value is -2.27. The molecule has 0 fully saturated rings. The summed E-state index contributed by atoms with van der Waals surface area (Å²) in [6.07, 6.45) is 3.34. The van der Waals surface area contributed by atoms with Crippen molar-refractivity contribution < 1.29 is 9.53 Å². The molecule has 0 spiro atoms. The van der Waals surface area contributed by atoms with E-state index in [9.17, 15) is 4.79 Å². The maximum Gasteiger partial charge on any atom is 0.252 e. The first-order valence-corrected chi connectivity index (χ1v) is 7.41. The summed E-state index contributed by atoms with van der Waals surface area (Å²) >= 11 is 6.01. The number of benzene rings is 1. The van der Waals surface area contributed by atoms with Crippen molar-refractivity contribution in [3.05, 3.63) is 58.2 Å². The molecule has 0 unspecified atom stereocenters. The number of ether oxygens (including phenoxy) is 1. The van der Waals surface area contributed by atoms with Gasteiger partial charge in [0.2, 0.25) is 0 Å². The summed E-state index contributed by atoms with van der Waals surface area (Å²) in [4.78, 5) is 11.4. The van der Waals surface area contributed by atoms with Gasteiger partial charge in [-0.25, -0.2) is 0 Å². The highest BCUT2D eigenvalue weighted by molar-refractivity contribution is 6.30. The summed E-state index contributed by atoms with van der Waals surface area (Å²) in [7, 11) is 0.